The van der Waals surface area contributed by atoms with Gasteiger partial charge < -0.3 is 4.98 Å². The number of halogens is 1. The summed E-state index contributed by atoms with van der Waals surface area (Å²) in [5.74, 6) is -0.228. The zero-order valence-electron chi connectivity index (χ0n) is 17.8. The average Bonchev–Trinajstić information content (AvgIpc) is 3.16. The molecule has 0 atom stereocenters. The number of nitrogens with one attached hydrogen (secondary N) is 1. The fourth-order valence-electron chi connectivity index (χ4n) is 4.47. The first-order valence-electron chi connectivity index (χ1n) is 10.7. The van der Waals surface area contributed by atoms with E-state index in [9.17, 15) is 9.18 Å². The van der Waals surface area contributed by atoms with E-state index in [4.69, 9.17) is 0 Å². The maximum atomic E-state index is 13.5. The van der Waals surface area contributed by atoms with Crippen LogP contribution in [0.25, 0.3) is 22.1 Å². The van der Waals surface area contributed by atoms with E-state index in [1.54, 1.807) is 4.40 Å². The number of pyridine rings is 1. The summed E-state index contributed by atoms with van der Waals surface area (Å²) in [7, 11) is 0. The molecule has 5 nitrogen and oxygen atoms in total. The molecule has 5 rings (SSSR count). The van der Waals surface area contributed by atoms with Crippen LogP contribution in [0, 0.1) is 19.7 Å². The summed E-state index contributed by atoms with van der Waals surface area (Å²) < 4.78 is 15.1. The van der Waals surface area contributed by atoms with E-state index >= 15 is 0 Å². The fraction of sp³-hybridized carbons (Fsp3) is 0.280. The Morgan fingerprint density at radius 3 is 2.87 bits per heavy atom. The Morgan fingerprint density at radius 2 is 2.06 bits per heavy atom. The number of aromatic amines is 1. The predicted molar refractivity (Wildman–Crippen MR) is 122 cm³/mol. The van der Waals surface area contributed by atoms with Crippen molar-refractivity contribution in [1.29, 1.82) is 0 Å². The highest BCUT2D eigenvalue weighted by Crippen LogP contribution is 2.29. The van der Waals surface area contributed by atoms with Crippen LogP contribution in [0.4, 0.5) is 4.39 Å². The molecule has 4 heterocycles. The minimum Gasteiger partial charge on any atom is -0.360 e. The molecule has 158 valence electrons. The van der Waals surface area contributed by atoms with Crippen LogP contribution in [0.2, 0.25) is 0 Å². The molecular formula is C25H25FN4O. The average molecular weight is 417 g/mol. The molecule has 0 saturated carbocycles. The molecule has 3 aromatic heterocycles. The van der Waals surface area contributed by atoms with E-state index in [1.807, 2.05) is 44.4 Å². The number of rotatable bonds is 4. The molecular weight excluding hydrogens is 391 g/mol. The molecule has 1 aromatic carbocycles. The molecule has 4 aromatic rings. The highest BCUT2D eigenvalue weighted by atomic mass is 19.1. The van der Waals surface area contributed by atoms with Crippen LogP contribution in [0.5, 0.6) is 0 Å². The van der Waals surface area contributed by atoms with Crippen molar-refractivity contribution in [2.24, 2.45) is 0 Å². The highest BCUT2D eigenvalue weighted by molar-refractivity contribution is 5.92. The normalized spacial score (nSPS) is 15.0. The molecule has 1 N–H and O–H groups in total. The zero-order valence-corrected chi connectivity index (χ0v) is 17.8. The smallest absolute Gasteiger partial charge is 0.261 e. The van der Waals surface area contributed by atoms with Gasteiger partial charge in [0.25, 0.3) is 5.56 Å². The van der Waals surface area contributed by atoms with Gasteiger partial charge in [0.2, 0.25) is 0 Å². The van der Waals surface area contributed by atoms with E-state index in [0.29, 0.717) is 12.1 Å². The van der Waals surface area contributed by atoms with Gasteiger partial charge in [-0.3, -0.25) is 14.1 Å². The number of H-pyrrole nitrogens is 1. The van der Waals surface area contributed by atoms with Gasteiger partial charge in [-0.15, -0.1) is 0 Å². The Bertz CT molecular complexity index is 1380. The third-order valence-corrected chi connectivity index (χ3v) is 6.25. The molecule has 0 aliphatic carbocycles. The molecule has 6 heteroatoms. The van der Waals surface area contributed by atoms with Crippen LogP contribution >= 0.6 is 0 Å². The molecule has 1 aliphatic rings. The van der Waals surface area contributed by atoms with E-state index in [2.05, 4.69) is 20.9 Å². The first kappa shape index (κ1) is 19.7. The SMILES string of the molecule is Cc1ccn2c(=O)c(CCN3CC=C(c4c[nH]c5cc(F)ccc45)CC3)c(C)nc2c1. The molecule has 0 fully saturated rings. The Labute approximate surface area is 179 Å². The van der Waals surface area contributed by atoms with Gasteiger partial charge in [-0.2, -0.15) is 0 Å². The minimum absolute atomic E-state index is 0.0294. The molecule has 0 unspecified atom stereocenters. The van der Waals surface area contributed by atoms with Crippen LogP contribution in [0.1, 0.15) is 28.8 Å². The first-order chi connectivity index (χ1) is 15.0. The quantitative estimate of drug-likeness (QED) is 0.541. The van der Waals surface area contributed by atoms with Gasteiger partial charge in [0.05, 0.1) is 0 Å². The van der Waals surface area contributed by atoms with Gasteiger partial charge in [-0.1, -0.05) is 6.08 Å². The van der Waals surface area contributed by atoms with E-state index < -0.39 is 0 Å². The van der Waals surface area contributed by atoms with Crippen molar-refractivity contribution < 1.29 is 4.39 Å². The number of nitrogens with zero attached hydrogens (tertiary/aromatic N) is 3. The fourth-order valence-corrected chi connectivity index (χ4v) is 4.47. The Balaban J connectivity index is 1.31. The number of aromatic nitrogens is 3. The molecule has 31 heavy (non-hydrogen) atoms. The van der Waals surface area contributed by atoms with Gasteiger partial charge in [0.15, 0.2) is 0 Å². The van der Waals surface area contributed by atoms with Crippen molar-refractivity contribution in [1.82, 2.24) is 19.3 Å². The molecule has 0 amide bonds. The molecule has 1 aliphatic heterocycles. The van der Waals surface area contributed by atoms with Gasteiger partial charge in [0.1, 0.15) is 11.5 Å². The summed E-state index contributed by atoms with van der Waals surface area (Å²) >= 11 is 0. The van der Waals surface area contributed by atoms with Crippen LogP contribution in [0.3, 0.4) is 0 Å². The number of hydrogen-bond acceptors (Lipinski definition) is 3. The lowest BCUT2D eigenvalue weighted by Crippen LogP contribution is -2.32. The van der Waals surface area contributed by atoms with E-state index in [1.165, 1.54) is 17.7 Å². The van der Waals surface area contributed by atoms with E-state index in [0.717, 1.165) is 59.3 Å². The van der Waals surface area contributed by atoms with Crippen LogP contribution in [-0.4, -0.2) is 38.9 Å². The lowest BCUT2D eigenvalue weighted by Gasteiger charge is -2.26. The summed E-state index contributed by atoms with van der Waals surface area (Å²) in [6.07, 6.45) is 7.64. The number of aryl methyl sites for hydroxylation is 2. The van der Waals surface area contributed by atoms with Crippen molar-refractivity contribution >= 4 is 22.1 Å². The van der Waals surface area contributed by atoms with Gasteiger partial charge in [-0.25, -0.2) is 9.37 Å². The van der Waals surface area contributed by atoms with Crippen molar-refractivity contribution in [3.63, 3.8) is 0 Å². The molecule has 0 radical (unpaired) electrons. The Kier molecular flexibility index (Phi) is 4.94. The van der Waals surface area contributed by atoms with Crippen molar-refractivity contribution in [2.75, 3.05) is 19.6 Å². The summed E-state index contributed by atoms with van der Waals surface area (Å²) in [5.41, 5.74) is 6.69. The summed E-state index contributed by atoms with van der Waals surface area (Å²) in [5, 5.41) is 1.06. The molecule has 0 spiro atoms. The lowest BCUT2D eigenvalue weighted by molar-refractivity contribution is 0.305. The monoisotopic (exact) mass is 416 g/mol. The summed E-state index contributed by atoms with van der Waals surface area (Å²) in [4.78, 5) is 23.1. The number of hydrogen-bond donors (Lipinski definition) is 1. The Hall–Kier alpha value is -3.25. The predicted octanol–water partition coefficient (Wildman–Crippen LogP) is 4.26. The van der Waals surface area contributed by atoms with Crippen LogP contribution < -0.4 is 5.56 Å². The minimum atomic E-state index is -0.228. The third-order valence-electron chi connectivity index (χ3n) is 6.25. The third kappa shape index (κ3) is 3.68. The highest BCUT2D eigenvalue weighted by Gasteiger charge is 2.17. The first-order valence-corrected chi connectivity index (χ1v) is 10.7. The zero-order chi connectivity index (χ0) is 21.5. The van der Waals surface area contributed by atoms with Crippen molar-refractivity contribution in [3.8, 4) is 0 Å². The van der Waals surface area contributed by atoms with E-state index in [-0.39, 0.29) is 11.4 Å². The topological polar surface area (TPSA) is 53.4 Å². The van der Waals surface area contributed by atoms with Crippen LogP contribution in [0.15, 0.2) is 53.6 Å². The van der Waals surface area contributed by atoms with Crippen LogP contribution in [-0.2, 0) is 6.42 Å². The maximum Gasteiger partial charge on any atom is 0.261 e. The number of benzene rings is 1. The summed E-state index contributed by atoms with van der Waals surface area (Å²) in [6.45, 7) is 6.51. The van der Waals surface area contributed by atoms with Crippen molar-refractivity contribution in [2.45, 2.75) is 26.7 Å². The second kappa shape index (κ2) is 7.78. The molecule has 0 bridgehead atoms. The van der Waals surface area contributed by atoms with Crippen molar-refractivity contribution in [3.05, 3.63) is 87.4 Å². The van der Waals surface area contributed by atoms with Gasteiger partial charge in [0, 0.05) is 59.8 Å². The maximum absolute atomic E-state index is 13.5. The molecule has 0 saturated heterocycles. The summed E-state index contributed by atoms with van der Waals surface area (Å²) in [6, 6.07) is 8.76. The largest absolute Gasteiger partial charge is 0.360 e. The number of fused-ring (bicyclic) bond motifs is 2. The Morgan fingerprint density at radius 1 is 1.19 bits per heavy atom. The lowest BCUT2D eigenvalue weighted by atomic mass is 9.98. The second-order valence-electron chi connectivity index (χ2n) is 8.34. The second-order valence-corrected chi connectivity index (χ2v) is 8.34. The van der Waals surface area contributed by atoms with Gasteiger partial charge >= 0.3 is 0 Å². The standard InChI is InChI=1S/C25H25FN4O/c1-16-5-12-30-24(13-16)28-17(2)20(25(30)31)8-11-29-9-6-18(7-10-29)22-15-27-23-14-19(26)3-4-21(22)23/h3-6,12-15,27H,7-11H2,1-2H3. The van der Waals surface area contributed by atoms with Gasteiger partial charge in [-0.05, 0) is 68.2 Å².